The molecule has 0 saturated carbocycles. The minimum atomic E-state index is -0.489. The summed E-state index contributed by atoms with van der Waals surface area (Å²) < 4.78 is 10.9. The Kier molecular flexibility index (Phi) is 4.29. The SMILES string of the molecule is Cc1ccc(C(=O)/C=C/c2ccc3c(c2)OCCO3)cc1[N+](=O)[O-]. The zero-order valence-electron chi connectivity index (χ0n) is 13.0. The van der Waals surface area contributed by atoms with Crippen LogP contribution in [0.15, 0.2) is 42.5 Å². The van der Waals surface area contributed by atoms with Crippen molar-refractivity contribution in [1.82, 2.24) is 0 Å². The maximum absolute atomic E-state index is 12.2. The first-order valence-electron chi connectivity index (χ1n) is 7.42. The zero-order chi connectivity index (χ0) is 17.1. The number of fused-ring (bicyclic) bond motifs is 1. The molecular formula is C18H15NO5. The van der Waals surface area contributed by atoms with Crippen LogP contribution in [0.4, 0.5) is 5.69 Å². The normalized spacial score (nSPS) is 13.0. The number of ketones is 1. The lowest BCUT2D eigenvalue weighted by Crippen LogP contribution is -2.15. The monoisotopic (exact) mass is 325 g/mol. The number of nitrogens with zero attached hydrogens (tertiary/aromatic N) is 1. The standard InChI is InChI=1S/C18H15NO5/c1-12-2-5-14(11-15(12)19(21)22)16(20)6-3-13-4-7-17-18(10-13)24-9-8-23-17/h2-7,10-11H,8-9H2,1H3/b6-3+. The van der Waals surface area contributed by atoms with E-state index in [2.05, 4.69) is 0 Å². The average molecular weight is 325 g/mol. The molecule has 0 atom stereocenters. The third-order valence-corrected chi connectivity index (χ3v) is 3.68. The van der Waals surface area contributed by atoms with E-state index < -0.39 is 4.92 Å². The van der Waals surface area contributed by atoms with Gasteiger partial charge in [-0.1, -0.05) is 24.3 Å². The molecule has 6 heteroatoms. The molecule has 2 aromatic rings. The highest BCUT2D eigenvalue weighted by Crippen LogP contribution is 2.31. The van der Waals surface area contributed by atoms with E-state index in [0.717, 1.165) is 5.56 Å². The highest BCUT2D eigenvalue weighted by Gasteiger charge is 2.14. The van der Waals surface area contributed by atoms with Crippen LogP contribution in [0, 0.1) is 17.0 Å². The molecule has 0 radical (unpaired) electrons. The molecule has 0 aliphatic carbocycles. The molecule has 122 valence electrons. The van der Waals surface area contributed by atoms with E-state index in [-0.39, 0.29) is 17.0 Å². The van der Waals surface area contributed by atoms with Crippen LogP contribution in [0.3, 0.4) is 0 Å². The van der Waals surface area contributed by atoms with Gasteiger partial charge < -0.3 is 9.47 Å². The molecule has 1 aliphatic rings. The van der Waals surface area contributed by atoms with Crippen LogP contribution in [0.5, 0.6) is 11.5 Å². The smallest absolute Gasteiger partial charge is 0.273 e. The summed E-state index contributed by atoms with van der Waals surface area (Å²) >= 11 is 0. The van der Waals surface area contributed by atoms with Gasteiger partial charge in [-0.2, -0.15) is 0 Å². The van der Waals surface area contributed by atoms with E-state index in [4.69, 9.17) is 9.47 Å². The van der Waals surface area contributed by atoms with E-state index >= 15 is 0 Å². The molecule has 0 bridgehead atoms. The Labute approximate surface area is 138 Å². The van der Waals surface area contributed by atoms with Gasteiger partial charge in [0.15, 0.2) is 17.3 Å². The van der Waals surface area contributed by atoms with Gasteiger partial charge in [-0.05, 0) is 30.7 Å². The summed E-state index contributed by atoms with van der Waals surface area (Å²) in [6.07, 6.45) is 3.03. The van der Waals surface area contributed by atoms with Gasteiger partial charge in [0.1, 0.15) is 13.2 Å². The van der Waals surface area contributed by atoms with Crippen LogP contribution in [-0.2, 0) is 0 Å². The lowest BCUT2D eigenvalue weighted by Gasteiger charge is -2.18. The van der Waals surface area contributed by atoms with Crippen molar-refractivity contribution < 1.29 is 19.2 Å². The lowest BCUT2D eigenvalue weighted by molar-refractivity contribution is -0.385. The number of carbonyl (C=O) groups is 1. The molecule has 0 saturated heterocycles. The lowest BCUT2D eigenvalue weighted by atomic mass is 10.1. The van der Waals surface area contributed by atoms with Crippen molar-refractivity contribution in [3.63, 3.8) is 0 Å². The summed E-state index contributed by atoms with van der Waals surface area (Å²) in [5.74, 6) is 1.02. The zero-order valence-corrected chi connectivity index (χ0v) is 13.0. The van der Waals surface area contributed by atoms with Gasteiger partial charge in [0.05, 0.1) is 4.92 Å². The summed E-state index contributed by atoms with van der Waals surface area (Å²) in [6.45, 7) is 2.65. The minimum Gasteiger partial charge on any atom is -0.486 e. The van der Waals surface area contributed by atoms with Crippen molar-refractivity contribution in [3.8, 4) is 11.5 Å². The van der Waals surface area contributed by atoms with E-state index in [1.807, 2.05) is 6.07 Å². The summed E-state index contributed by atoms with van der Waals surface area (Å²) in [6, 6.07) is 9.84. The first kappa shape index (κ1) is 15.7. The Bertz CT molecular complexity index is 841. The second-order valence-corrected chi connectivity index (χ2v) is 5.36. The van der Waals surface area contributed by atoms with E-state index in [1.54, 1.807) is 37.3 Å². The number of benzene rings is 2. The maximum Gasteiger partial charge on any atom is 0.273 e. The van der Waals surface area contributed by atoms with Crippen LogP contribution in [-0.4, -0.2) is 23.9 Å². The van der Waals surface area contributed by atoms with E-state index in [0.29, 0.717) is 30.3 Å². The quantitative estimate of drug-likeness (QED) is 0.371. The van der Waals surface area contributed by atoms with Gasteiger partial charge in [0, 0.05) is 17.2 Å². The number of hydrogen-bond donors (Lipinski definition) is 0. The fourth-order valence-corrected chi connectivity index (χ4v) is 2.39. The fraction of sp³-hybridized carbons (Fsp3) is 0.167. The molecule has 24 heavy (non-hydrogen) atoms. The number of rotatable bonds is 4. The molecule has 0 aromatic heterocycles. The molecule has 0 fully saturated rings. The van der Waals surface area contributed by atoms with Crippen molar-refractivity contribution in [2.75, 3.05) is 13.2 Å². The highest BCUT2D eigenvalue weighted by molar-refractivity contribution is 6.07. The largest absolute Gasteiger partial charge is 0.486 e. The number of nitro groups is 1. The molecular weight excluding hydrogens is 310 g/mol. The Balaban J connectivity index is 1.80. The van der Waals surface area contributed by atoms with E-state index in [1.165, 1.54) is 12.1 Å². The number of allylic oxidation sites excluding steroid dienone is 1. The number of ether oxygens (including phenoxy) is 2. The highest BCUT2D eigenvalue weighted by atomic mass is 16.6. The van der Waals surface area contributed by atoms with Crippen molar-refractivity contribution in [2.24, 2.45) is 0 Å². The van der Waals surface area contributed by atoms with Gasteiger partial charge >= 0.3 is 0 Å². The van der Waals surface area contributed by atoms with Crippen LogP contribution in [0.1, 0.15) is 21.5 Å². The van der Waals surface area contributed by atoms with Gasteiger partial charge in [-0.25, -0.2) is 0 Å². The molecule has 1 heterocycles. The molecule has 1 aliphatic heterocycles. The maximum atomic E-state index is 12.2. The summed E-state index contributed by atoms with van der Waals surface area (Å²) in [7, 11) is 0. The van der Waals surface area contributed by atoms with Crippen molar-refractivity contribution in [1.29, 1.82) is 0 Å². The van der Waals surface area contributed by atoms with Gasteiger partial charge in [0.2, 0.25) is 0 Å². The molecule has 2 aromatic carbocycles. The Morgan fingerprint density at radius 1 is 1.12 bits per heavy atom. The van der Waals surface area contributed by atoms with Crippen LogP contribution in [0.2, 0.25) is 0 Å². The third-order valence-electron chi connectivity index (χ3n) is 3.68. The molecule has 0 N–H and O–H groups in total. The number of hydrogen-bond acceptors (Lipinski definition) is 5. The molecule has 6 nitrogen and oxygen atoms in total. The first-order chi connectivity index (χ1) is 11.5. The number of carbonyl (C=O) groups excluding carboxylic acids is 1. The Morgan fingerprint density at radius 3 is 2.62 bits per heavy atom. The van der Waals surface area contributed by atoms with Gasteiger partial charge in [-0.3, -0.25) is 14.9 Å². The minimum absolute atomic E-state index is 0.0615. The Hall–Kier alpha value is -3.15. The second-order valence-electron chi connectivity index (χ2n) is 5.36. The molecule has 0 spiro atoms. The topological polar surface area (TPSA) is 78.7 Å². The van der Waals surface area contributed by atoms with Crippen LogP contribution in [0.25, 0.3) is 6.08 Å². The molecule has 3 rings (SSSR count). The van der Waals surface area contributed by atoms with Crippen molar-refractivity contribution >= 4 is 17.5 Å². The summed E-state index contributed by atoms with van der Waals surface area (Å²) in [5.41, 5.74) is 1.52. The number of aryl methyl sites for hydroxylation is 1. The van der Waals surface area contributed by atoms with Gasteiger partial charge in [-0.15, -0.1) is 0 Å². The predicted molar refractivity (Wildman–Crippen MR) is 88.6 cm³/mol. The molecule has 0 amide bonds. The molecule has 0 unspecified atom stereocenters. The summed E-state index contributed by atoms with van der Waals surface area (Å²) in [5, 5.41) is 11.0. The van der Waals surface area contributed by atoms with Crippen molar-refractivity contribution in [2.45, 2.75) is 6.92 Å². The van der Waals surface area contributed by atoms with Crippen molar-refractivity contribution in [3.05, 3.63) is 69.3 Å². The summed E-state index contributed by atoms with van der Waals surface area (Å²) in [4.78, 5) is 22.7. The van der Waals surface area contributed by atoms with Gasteiger partial charge in [0.25, 0.3) is 5.69 Å². The number of nitro benzene ring substituents is 1. The van der Waals surface area contributed by atoms with Crippen LogP contribution < -0.4 is 9.47 Å². The predicted octanol–water partition coefficient (Wildman–Crippen LogP) is 3.57. The second kappa shape index (κ2) is 6.54. The van der Waals surface area contributed by atoms with Crippen LogP contribution >= 0.6 is 0 Å². The Morgan fingerprint density at radius 2 is 1.88 bits per heavy atom. The van der Waals surface area contributed by atoms with E-state index in [9.17, 15) is 14.9 Å². The fourth-order valence-electron chi connectivity index (χ4n) is 2.39. The first-order valence-corrected chi connectivity index (χ1v) is 7.42. The average Bonchev–Trinajstić information content (AvgIpc) is 2.59. The third kappa shape index (κ3) is 3.27.